The summed E-state index contributed by atoms with van der Waals surface area (Å²) in [6, 6.07) is 20.2. The highest BCUT2D eigenvalue weighted by Gasteiger charge is 2.19. The highest BCUT2D eigenvalue weighted by molar-refractivity contribution is 6.33. The first-order chi connectivity index (χ1) is 13.2. The predicted octanol–water partition coefficient (Wildman–Crippen LogP) is 4.51. The monoisotopic (exact) mass is 379 g/mol. The number of piperazine rings is 1. The summed E-state index contributed by atoms with van der Waals surface area (Å²) in [6.45, 7) is 5.79. The fourth-order valence-electron chi connectivity index (χ4n) is 3.29. The number of benzene rings is 2. The standard InChI is InChI=1S/C21H22ClN5/c1-16-15-20(25-21(23-16)24-19-10-6-5-9-18(19)22)27-13-11-26(12-14-27)17-7-3-2-4-8-17/h2-10,15H,11-14H2,1H3,(H,23,24,25). The number of para-hydroxylation sites is 2. The molecule has 0 unspecified atom stereocenters. The quantitative estimate of drug-likeness (QED) is 0.722. The summed E-state index contributed by atoms with van der Waals surface area (Å²) in [4.78, 5) is 13.9. The molecule has 0 atom stereocenters. The summed E-state index contributed by atoms with van der Waals surface area (Å²) >= 11 is 6.24. The molecule has 1 aliphatic rings. The Labute approximate surface area is 164 Å². The van der Waals surface area contributed by atoms with E-state index in [4.69, 9.17) is 16.6 Å². The summed E-state index contributed by atoms with van der Waals surface area (Å²) < 4.78 is 0. The molecule has 2 heterocycles. The van der Waals surface area contributed by atoms with Crippen LogP contribution in [0.15, 0.2) is 60.7 Å². The molecule has 3 aromatic rings. The Hall–Kier alpha value is -2.79. The second kappa shape index (κ2) is 7.84. The van der Waals surface area contributed by atoms with Crippen molar-refractivity contribution in [1.29, 1.82) is 0 Å². The molecule has 5 nitrogen and oxygen atoms in total. The van der Waals surface area contributed by atoms with Crippen molar-refractivity contribution in [1.82, 2.24) is 9.97 Å². The minimum atomic E-state index is 0.573. The topological polar surface area (TPSA) is 44.3 Å². The summed E-state index contributed by atoms with van der Waals surface area (Å²) in [5, 5.41) is 3.89. The first-order valence-electron chi connectivity index (χ1n) is 9.11. The summed E-state index contributed by atoms with van der Waals surface area (Å²) in [7, 11) is 0. The van der Waals surface area contributed by atoms with E-state index in [0.29, 0.717) is 11.0 Å². The lowest BCUT2D eigenvalue weighted by Crippen LogP contribution is -2.46. The van der Waals surface area contributed by atoms with Gasteiger partial charge in [-0.2, -0.15) is 4.98 Å². The highest BCUT2D eigenvalue weighted by Crippen LogP contribution is 2.25. The van der Waals surface area contributed by atoms with Gasteiger partial charge in [-0.15, -0.1) is 0 Å². The third kappa shape index (κ3) is 4.14. The maximum absolute atomic E-state index is 6.24. The summed E-state index contributed by atoms with van der Waals surface area (Å²) in [6.07, 6.45) is 0. The van der Waals surface area contributed by atoms with Gasteiger partial charge in [-0.25, -0.2) is 4.98 Å². The molecule has 27 heavy (non-hydrogen) atoms. The van der Waals surface area contributed by atoms with E-state index in [2.05, 4.69) is 50.4 Å². The zero-order valence-corrected chi connectivity index (χ0v) is 16.0. The van der Waals surface area contributed by atoms with Gasteiger partial charge in [0.2, 0.25) is 5.95 Å². The number of nitrogens with one attached hydrogen (secondary N) is 1. The molecule has 0 radical (unpaired) electrons. The van der Waals surface area contributed by atoms with Crippen molar-refractivity contribution in [2.45, 2.75) is 6.92 Å². The molecular formula is C21H22ClN5. The first-order valence-corrected chi connectivity index (χ1v) is 9.49. The molecule has 2 aromatic carbocycles. The van der Waals surface area contributed by atoms with Crippen molar-refractivity contribution in [3.8, 4) is 0 Å². The van der Waals surface area contributed by atoms with Crippen LogP contribution in [0.4, 0.5) is 23.1 Å². The number of aryl methyl sites for hydroxylation is 1. The molecule has 0 aliphatic carbocycles. The van der Waals surface area contributed by atoms with Gasteiger partial charge in [-0.3, -0.25) is 0 Å². The van der Waals surface area contributed by atoms with Crippen LogP contribution in [-0.4, -0.2) is 36.1 Å². The molecule has 1 N–H and O–H groups in total. The van der Waals surface area contributed by atoms with Crippen molar-refractivity contribution in [3.05, 3.63) is 71.4 Å². The van der Waals surface area contributed by atoms with Gasteiger partial charge in [0.1, 0.15) is 5.82 Å². The van der Waals surface area contributed by atoms with Crippen LogP contribution in [0.5, 0.6) is 0 Å². The Morgan fingerprint density at radius 1 is 0.852 bits per heavy atom. The average molecular weight is 380 g/mol. The fraction of sp³-hybridized carbons (Fsp3) is 0.238. The maximum atomic E-state index is 6.24. The Morgan fingerprint density at radius 2 is 1.52 bits per heavy atom. The summed E-state index contributed by atoms with van der Waals surface area (Å²) in [5.41, 5.74) is 3.02. The molecule has 0 bridgehead atoms. The molecule has 138 valence electrons. The highest BCUT2D eigenvalue weighted by atomic mass is 35.5. The van der Waals surface area contributed by atoms with E-state index >= 15 is 0 Å². The van der Waals surface area contributed by atoms with Crippen molar-refractivity contribution >= 4 is 34.7 Å². The van der Waals surface area contributed by atoms with E-state index < -0.39 is 0 Å². The largest absolute Gasteiger partial charge is 0.368 e. The van der Waals surface area contributed by atoms with Crippen molar-refractivity contribution in [2.24, 2.45) is 0 Å². The minimum absolute atomic E-state index is 0.573. The summed E-state index contributed by atoms with van der Waals surface area (Å²) in [5.74, 6) is 1.52. The van der Waals surface area contributed by atoms with Gasteiger partial charge in [0.05, 0.1) is 10.7 Å². The lowest BCUT2D eigenvalue weighted by Gasteiger charge is -2.36. The number of halogens is 1. The van der Waals surface area contributed by atoms with Gasteiger partial charge in [0.25, 0.3) is 0 Å². The van der Waals surface area contributed by atoms with Crippen LogP contribution < -0.4 is 15.1 Å². The van der Waals surface area contributed by atoms with E-state index in [1.807, 2.05) is 37.3 Å². The fourth-order valence-corrected chi connectivity index (χ4v) is 3.47. The van der Waals surface area contributed by atoms with E-state index in [1.165, 1.54) is 5.69 Å². The molecule has 0 amide bonds. The molecule has 1 aromatic heterocycles. The third-order valence-corrected chi connectivity index (χ3v) is 5.02. The smallest absolute Gasteiger partial charge is 0.229 e. The average Bonchev–Trinajstić information content (AvgIpc) is 2.70. The molecule has 1 fully saturated rings. The lowest BCUT2D eigenvalue weighted by atomic mass is 10.2. The Bertz CT molecular complexity index is 907. The van der Waals surface area contributed by atoms with Crippen molar-refractivity contribution in [2.75, 3.05) is 41.3 Å². The molecule has 0 spiro atoms. The van der Waals surface area contributed by atoms with Gasteiger partial charge < -0.3 is 15.1 Å². The van der Waals surface area contributed by atoms with Crippen LogP contribution >= 0.6 is 11.6 Å². The van der Waals surface area contributed by atoms with Crippen LogP contribution in [-0.2, 0) is 0 Å². The molecule has 1 aliphatic heterocycles. The maximum Gasteiger partial charge on any atom is 0.229 e. The predicted molar refractivity (Wildman–Crippen MR) is 112 cm³/mol. The number of hydrogen-bond acceptors (Lipinski definition) is 5. The van der Waals surface area contributed by atoms with E-state index in [-0.39, 0.29) is 0 Å². The van der Waals surface area contributed by atoms with Crippen LogP contribution in [0.3, 0.4) is 0 Å². The Kier molecular flexibility index (Phi) is 5.12. The molecule has 6 heteroatoms. The number of rotatable bonds is 4. The SMILES string of the molecule is Cc1cc(N2CCN(c3ccccc3)CC2)nc(Nc2ccccc2Cl)n1. The molecular weight excluding hydrogens is 358 g/mol. The molecule has 1 saturated heterocycles. The van der Waals surface area contributed by atoms with Gasteiger partial charge in [-0.1, -0.05) is 41.9 Å². The van der Waals surface area contributed by atoms with Gasteiger partial charge in [0, 0.05) is 43.6 Å². The lowest BCUT2D eigenvalue weighted by molar-refractivity contribution is 0.647. The number of aromatic nitrogens is 2. The normalized spacial score (nSPS) is 14.3. The van der Waals surface area contributed by atoms with Crippen LogP contribution in [0.1, 0.15) is 5.69 Å². The van der Waals surface area contributed by atoms with Crippen LogP contribution in [0.2, 0.25) is 5.02 Å². The first kappa shape index (κ1) is 17.6. The van der Waals surface area contributed by atoms with Gasteiger partial charge in [0.15, 0.2) is 0 Å². The molecule has 4 rings (SSSR count). The Balaban J connectivity index is 1.48. The zero-order valence-electron chi connectivity index (χ0n) is 15.3. The van der Waals surface area contributed by atoms with Crippen LogP contribution in [0, 0.1) is 6.92 Å². The second-order valence-corrected chi connectivity index (χ2v) is 7.01. The van der Waals surface area contributed by atoms with Gasteiger partial charge >= 0.3 is 0 Å². The number of anilines is 4. The van der Waals surface area contributed by atoms with Crippen LogP contribution in [0.25, 0.3) is 0 Å². The van der Waals surface area contributed by atoms with E-state index in [9.17, 15) is 0 Å². The van der Waals surface area contributed by atoms with E-state index in [1.54, 1.807) is 0 Å². The van der Waals surface area contributed by atoms with Gasteiger partial charge in [-0.05, 0) is 31.2 Å². The minimum Gasteiger partial charge on any atom is -0.368 e. The second-order valence-electron chi connectivity index (χ2n) is 6.61. The van der Waals surface area contributed by atoms with E-state index in [0.717, 1.165) is 43.4 Å². The Morgan fingerprint density at radius 3 is 2.26 bits per heavy atom. The number of nitrogens with zero attached hydrogens (tertiary/aromatic N) is 4. The number of hydrogen-bond donors (Lipinski definition) is 1. The van der Waals surface area contributed by atoms with Crippen molar-refractivity contribution < 1.29 is 0 Å². The third-order valence-electron chi connectivity index (χ3n) is 4.69. The zero-order chi connectivity index (χ0) is 18.6. The molecule has 0 saturated carbocycles. The van der Waals surface area contributed by atoms with Crippen molar-refractivity contribution in [3.63, 3.8) is 0 Å².